The third kappa shape index (κ3) is 5.26. The number of methoxy groups -OCH3 is 1. The minimum Gasteiger partial charge on any atom is -0.496 e. The van der Waals surface area contributed by atoms with Crippen molar-refractivity contribution in [3.8, 4) is 5.75 Å². The molecule has 6 nitrogen and oxygen atoms in total. The second-order valence-electron chi connectivity index (χ2n) is 6.45. The quantitative estimate of drug-likeness (QED) is 0.619. The number of guanidine groups is 1. The lowest BCUT2D eigenvalue weighted by molar-refractivity contribution is -0.133. The summed E-state index contributed by atoms with van der Waals surface area (Å²) < 4.78 is 5.36. The summed E-state index contributed by atoms with van der Waals surface area (Å²) in [6.07, 6.45) is 0.920. The maximum absolute atomic E-state index is 12.1. The summed E-state index contributed by atoms with van der Waals surface area (Å²) in [7, 11) is 3.36. The zero-order valence-corrected chi connectivity index (χ0v) is 16.1. The molecule has 1 aromatic carbocycles. The molecule has 1 atom stereocenters. The maximum atomic E-state index is 12.1. The smallest absolute Gasteiger partial charge is 0.225 e. The molecule has 2 rings (SSSR count). The molecule has 0 radical (unpaired) electrons. The van der Waals surface area contributed by atoms with E-state index in [2.05, 4.69) is 15.6 Å². The van der Waals surface area contributed by atoms with Crippen molar-refractivity contribution in [1.82, 2.24) is 15.5 Å². The van der Waals surface area contributed by atoms with Gasteiger partial charge in [-0.15, -0.1) is 0 Å². The highest BCUT2D eigenvalue weighted by molar-refractivity contribution is 6.30. The maximum Gasteiger partial charge on any atom is 0.225 e. The molecule has 0 spiro atoms. The van der Waals surface area contributed by atoms with Gasteiger partial charge in [0, 0.05) is 49.2 Å². The Morgan fingerprint density at radius 2 is 2.24 bits per heavy atom. The van der Waals surface area contributed by atoms with Gasteiger partial charge in [0.25, 0.3) is 0 Å². The van der Waals surface area contributed by atoms with Crippen molar-refractivity contribution in [3.63, 3.8) is 0 Å². The van der Waals surface area contributed by atoms with E-state index in [0.29, 0.717) is 24.1 Å². The summed E-state index contributed by atoms with van der Waals surface area (Å²) in [5, 5.41) is 7.32. The van der Waals surface area contributed by atoms with Gasteiger partial charge in [0.1, 0.15) is 5.75 Å². The molecule has 25 heavy (non-hydrogen) atoms. The standard InChI is InChI=1S/C18H27ClN4O2/c1-12(2)17(24)23-8-7-15(11-23)22-18(20-3)21-10-13-5-6-14(19)9-16(13)25-4/h5-6,9,12,15H,7-8,10-11H2,1-4H3,(H2,20,21,22). The van der Waals surface area contributed by atoms with Crippen LogP contribution in [0.2, 0.25) is 5.02 Å². The summed E-state index contributed by atoms with van der Waals surface area (Å²) >= 11 is 5.99. The minimum atomic E-state index is 0.0357. The van der Waals surface area contributed by atoms with Crippen molar-refractivity contribution >= 4 is 23.5 Å². The number of hydrogen-bond donors (Lipinski definition) is 2. The Morgan fingerprint density at radius 3 is 2.88 bits per heavy atom. The van der Waals surface area contributed by atoms with Crippen LogP contribution in [0.3, 0.4) is 0 Å². The molecular formula is C18H27ClN4O2. The molecule has 0 aromatic heterocycles. The third-order valence-electron chi connectivity index (χ3n) is 4.25. The molecule has 138 valence electrons. The summed E-state index contributed by atoms with van der Waals surface area (Å²) in [5.41, 5.74) is 0.998. The van der Waals surface area contributed by atoms with E-state index in [-0.39, 0.29) is 17.9 Å². The van der Waals surface area contributed by atoms with Crippen molar-refractivity contribution < 1.29 is 9.53 Å². The van der Waals surface area contributed by atoms with Crippen molar-refractivity contribution in [3.05, 3.63) is 28.8 Å². The van der Waals surface area contributed by atoms with Crippen LogP contribution in [0, 0.1) is 5.92 Å². The van der Waals surface area contributed by atoms with Crippen molar-refractivity contribution in [2.75, 3.05) is 27.2 Å². The molecule has 1 aliphatic heterocycles. The normalized spacial score (nSPS) is 17.8. The number of ether oxygens (including phenoxy) is 1. The number of likely N-dealkylation sites (tertiary alicyclic amines) is 1. The molecular weight excluding hydrogens is 340 g/mol. The van der Waals surface area contributed by atoms with Crippen molar-refractivity contribution in [1.29, 1.82) is 0 Å². The minimum absolute atomic E-state index is 0.0357. The fourth-order valence-corrected chi connectivity index (χ4v) is 3.04. The second-order valence-corrected chi connectivity index (χ2v) is 6.89. The van der Waals surface area contributed by atoms with Crippen molar-refractivity contribution in [2.24, 2.45) is 10.9 Å². The zero-order valence-electron chi connectivity index (χ0n) is 15.3. The van der Waals surface area contributed by atoms with Gasteiger partial charge >= 0.3 is 0 Å². The zero-order chi connectivity index (χ0) is 18.4. The van der Waals surface area contributed by atoms with Crippen LogP contribution >= 0.6 is 11.6 Å². The van der Waals surface area contributed by atoms with Crippen LogP contribution in [-0.4, -0.2) is 50.1 Å². The van der Waals surface area contributed by atoms with E-state index in [1.54, 1.807) is 20.2 Å². The Kier molecular flexibility index (Phi) is 6.93. The first kappa shape index (κ1) is 19.4. The van der Waals surface area contributed by atoms with Gasteiger partial charge in [0.2, 0.25) is 5.91 Å². The van der Waals surface area contributed by atoms with Crippen LogP contribution in [0.1, 0.15) is 25.8 Å². The lowest BCUT2D eigenvalue weighted by Gasteiger charge is -2.20. The molecule has 0 bridgehead atoms. The van der Waals surface area contributed by atoms with Crippen LogP contribution in [0.5, 0.6) is 5.75 Å². The summed E-state index contributed by atoms with van der Waals surface area (Å²) in [5.74, 6) is 1.69. The topological polar surface area (TPSA) is 66.0 Å². The van der Waals surface area contributed by atoms with E-state index in [1.807, 2.05) is 30.9 Å². The Bertz CT molecular complexity index is 634. The molecule has 1 amide bonds. The number of hydrogen-bond acceptors (Lipinski definition) is 3. The molecule has 1 saturated heterocycles. The summed E-state index contributed by atoms with van der Waals surface area (Å²) in [6, 6.07) is 5.77. The Labute approximate surface area is 154 Å². The number of carbonyl (C=O) groups excluding carboxylic acids is 1. The first-order valence-electron chi connectivity index (χ1n) is 8.53. The van der Waals surface area contributed by atoms with Gasteiger partial charge in [0.05, 0.1) is 7.11 Å². The largest absolute Gasteiger partial charge is 0.496 e. The van der Waals surface area contributed by atoms with Gasteiger partial charge in [-0.1, -0.05) is 31.5 Å². The molecule has 1 unspecified atom stereocenters. The fraction of sp³-hybridized carbons (Fsp3) is 0.556. The lowest BCUT2D eigenvalue weighted by atomic mass is 10.2. The van der Waals surface area contributed by atoms with Gasteiger partial charge in [0.15, 0.2) is 5.96 Å². The number of carbonyl (C=O) groups is 1. The van der Waals surface area contributed by atoms with Gasteiger partial charge in [-0.05, 0) is 18.6 Å². The molecule has 0 saturated carbocycles. The average molecular weight is 367 g/mol. The van der Waals surface area contributed by atoms with Gasteiger partial charge in [-0.3, -0.25) is 9.79 Å². The first-order valence-corrected chi connectivity index (χ1v) is 8.90. The number of rotatable bonds is 5. The highest BCUT2D eigenvalue weighted by Crippen LogP contribution is 2.22. The van der Waals surface area contributed by atoms with Crippen molar-refractivity contribution in [2.45, 2.75) is 32.9 Å². The van der Waals surface area contributed by atoms with Gasteiger partial charge in [-0.25, -0.2) is 0 Å². The van der Waals surface area contributed by atoms with Crippen LogP contribution in [0.25, 0.3) is 0 Å². The highest BCUT2D eigenvalue weighted by atomic mass is 35.5. The molecule has 1 aliphatic rings. The van der Waals surface area contributed by atoms with E-state index in [9.17, 15) is 4.79 Å². The van der Waals surface area contributed by atoms with Crippen LogP contribution in [-0.2, 0) is 11.3 Å². The molecule has 2 N–H and O–H groups in total. The van der Waals surface area contributed by atoms with Gasteiger partial charge < -0.3 is 20.3 Å². The monoisotopic (exact) mass is 366 g/mol. The van der Waals surface area contributed by atoms with E-state index >= 15 is 0 Å². The Balaban J connectivity index is 1.89. The molecule has 0 aliphatic carbocycles. The molecule has 7 heteroatoms. The fourth-order valence-electron chi connectivity index (χ4n) is 2.87. The Morgan fingerprint density at radius 1 is 1.48 bits per heavy atom. The van der Waals surface area contributed by atoms with E-state index in [1.165, 1.54) is 0 Å². The third-order valence-corrected chi connectivity index (χ3v) is 4.49. The molecule has 1 heterocycles. The molecule has 1 fully saturated rings. The van der Waals surface area contributed by atoms with Crippen LogP contribution in [0.4, 0.5) is 0 Å². The number of benzene rings is 1. The average Bonchev–Trinajstić information content (AvgIpc) is 3.06. The summed E-state index contributed by atoms with van der Waals surface area (Å²) in [4.78, 5) is 18.3. The van der Waals surface area contributed by atoms with Crippen LogP contribution < -0.4 is 15.4 Å². The van der Waals surface area contributed by atoms with E-state index < -0.39 is 0 Å². The van der Waals surface area contributed by atoms with Gasteiger partial charge in [-0.2, -0.15) is 0 Å². The van der Waals surface area contributed by atoms with E-state index in [0.717, 1.165) is 24.3 Å². The molecule has 1 aromatic rings. The first-order chi connectivity index (χ1) is 11.9. The number of aliphatic imine (C=N–C) groups is 1. The van der Waals surface area contributed by atoms with Crippen LogP contribution in [0.15, 0.2) is 23.2 Å². The SMILES string of the molecule is CN=C(NCc1ccc(Cl)cc1OC)NC1CCN(C(=O)C(C)C)C1. The highest BCUT2D eigenvalue weighted by Gasteiger charge is 2.27. The van der Waals surface area contributed by atoms with E-state index in [4.69, 9.17) is 16.3 Å². The number of nitrogens with one attached hydrogen (secondary N) is 2. The Hall–Kier alpha value is -1.95. The number of nitrogens with zero attached hydrogens (tertiary/aromatic N) is 2. The predicted octanol–water partition coefficient (Wildman–Crippen LogP) is 2.27. The summed E-state index contributed by atoms with van der Waals surface area (Å²) in [6.45, 7) is 5.94. The lowest BCUT2D eigenvalue weighted by Crippen LogP contribution is -2.45. The second kappa shape index (κ2) is 8.94. The number of amides is 1. The predicted molar refractivity (Wildman–Crippen MR) is 101 cm³/mol. The number of halogens is 1.